The quantitative estimate of drug-likeness (QED) is 0.184. The summed E-state index contributed by atoms with van der Waals surface area (Å²) in [5.74, 6) is -2.28. The second kappa shape index (κ2) is 13.4. The van der Waals surface area contributed by atoms with Gasteiger partial charge in [-0.05, 0) is 12.8 Å². The number of hydrogen-bond donors (Lipinski definition) is 3. The van der Waals surface area contributed by atoms with Gasteiger partial charge in [-0.1, -0.05) is 27.2 Å². The van der Waals surface area contributed by atoms with Crippen LogP contribution in [0.1, 0.15) is 53.4 Å². The molecule has 0 heterocycles. The van der Waals surface area contributed by atoms with Crippen LogP contribution in [-0.2, 0) is 33.4 Å². The molecule has 0 aromatic rings. The van der Waals surface area contributed by atoms with Gasteiger partial charge in [-0.3, -0.25) is 8.98 Å². The highest BCUT2D eigenvalue weighted by Crippen LogP contribution is 2.32. The predicted molar refractivity (Wildman–Crippen MR) is 106 cm³/mol. The minimum absolute atomic E-state index is 0.0802. The predicted octanol–water partition coefficient (Wildman–Crippen LogP) is 1.04. The molecule has 0 spiro atoms. The van der Waals surface area contributed by atoms with Gasteiger partial charge in [0, 0.05) is 25.3 Å². The highest BCUT2D eigenvalue weighted by Gasteiger charge is 2.43. The van der Waals surface area contributed by atoms with Crippen LogP contribution in [0, 0.1) is 5.41 Å². The first-order chi connectivity index (χ1) is 13.8. The number of unbranched alkanes of at least 4 members (excludes halogenated alkanes) is 1. The molecule has 0 aromatic heterocycles. The number of carbonyl (C=O) groups is 3. The van der Waals surface area contributed by atoms with E-state index in [1.165, 1.54) is 20.8 Å². The van der Waals surface area contributed by atoms with Gasteiger partial charge < -0.3 is 25.0 Å². The van der Waals surface area contributed by atoms with Gasteiger partial charge >= 0.3 is 12.1 Å². The minimum Gasteiger partial charge on any atom is -0.479 e. The van der Waals surface area contributed by atoms with E-state index in [-0.39, 0.29) is 38.5 Å². The highest BCUT2D eigenvalue weighted by atomic mass is 32.2. The number of carboxylic acid groups (broad SMARTS) is 1. The third-order valence-corrected chi connectivity index (χ3v) is 5.61. The molecule has 0 saturated carbocycles. The summed E-state index contributed by atoms with van der Waals surface area (Å²) in [6, 6.07) is 0. The number of carbonyl (C=O) groups excluding carboxylic acids is 2. The van der Waals surface area contributed by atoms with Crippen molar-refractivity contribution >= 4 is 28.1 Å². The highest BCUT2D eigenvalue weighted by molar-refractivity contribution is 7.86. The molecule has 0 rings (SSSR count). The normalized spacial score (nSPS) is 13.9. The van der Waals surface area contributed by atoms with Crippen molar-refractivity contribution in [2.75, 3.05) is 25.5 Å². The zero-order chi connectivity index (χ0) is 23.4. The first-order valence-electron chi connectivity index (χ1n) is 9.69. The molecule has 12 heteroatoms. The van der Waals surface area contributed by atoms with Crippen molar-refractivity contribution < 1.29 is 46.7 Å². The van der Waals surface area contributed by atoms with E-state index >= 15 is 0 Å². The van der Waals surface area contributed by atoms with Crippen molar-refractivity contribution in [1.29, 1.82) is 0 Å². The average molecular weight is 456 g/mol. The summed E-state index contributed by atoms with van der Waals surface area (Å²) < 4.78 is 39.5. The summed E-state index contributed by atoms with van der Waals surface area (Å²) in [5.41, 5.74) is -1.52. The first-order valence-corrected chi connectivity index (χ1v) is 11.3. The van der Waals surface area contributed by atoms with Gasteiger partial charge in [0.25, 0.3) is 10.1 Å². The molecule has 176 valence electrons. The summed E-state index contributed by atoms with van der Waals surface area (Å²) >= 11 is 0. The number of aliphatic hydroxyl groups excluding tert-OH is 1. The Morgan fingerprint density at radius 3 is 2.23 bits per heavy atom. The van der Waals surface area contributed by atoms with Gasteiger partial charge in [-0.25, -0.2) is 9.59 Å². The number of nitrogens with one attached hydrogen (secondary N) is 1. The van der Waals surface area contributed by atoms with E-state index in [1.807, 2.05) is 6.92 Å². The molecule has 30 heavy (non-hydrogen) atoms. The van der Waals surface area contributed by atoms with E-state index in [2.05, 4.69) is 5.32 Å². The number of carboxylic acids is 1. The molecule has 1 amide bonds. The maximum atomic E-state index is 12.3. The molecule has 0 aromatic carbocycles. The summed E-state index contributed by atoms with van der Waals surface area (Å²) in [6.45, 7) is 5.89. The second-order valence-corrected chi connectivity index (χ2v) is 9.05. The number of amides is 1. The Hall–Kier alpha value is -1.92. The zero-order valence-corrected chi connectivity index (χ0v) is 18.7. The monoisotopic (exact) mass is 455 g/mol. The summed E-state index contributed by atoms with van der Waals surface area (Å²) in [7, 11) is -4.12. The molecule has 1 unspecified atom stereocenters. The molecule has 0 saturated heterocycles. The van der Waals surface area contributed by atoms with Crippen molar-refractivity contribution in [2.24, 2.45) is 5.41 Å². The van der Waals surface area contributed by atoms with Crippen LogP contribution in [0.2, 0.25) is 0 Å². The lowest BCUT2D eigenvalue weighted by atomic mass is 9.79. The SMILES string of the molecule is CCCCOC(=O)OCCC(OS(=O)(=O)CCCNC(C)=O)C(C)(C)[C@@H](O)C(=O)O. The van der Waals surface area contributed by atoms with Crippen LogP contribution in [0.5, 0.6) is 0 Å². The largest absolute Gasteiger partial charge is 0.508 e. The molecule has 11 nitrogen and oxygen atoms in total. The van der Waals surface area contributed by atoms with Gasteiger partial charge in [0.05, 0.1) is 25.1 Å². The fourth-order valence-corrected chi connectivity index (χ4v) is 3.66. The second-order valence-electron chi connectivity index (χ2n) is 7.33. The van der Waals surface area contributed by atoms with Gasteiger partial charge in [-0.15, -0.1) is 0 Å². The van der Waals surface area contributed by atoms with Gasteiger partial charge in [0.1, 0.15) is 0 Å². The van der Waals surface area contributed by atoms with Crippen molar-refractivity contribution in [3.63, 3.8) is 0 Å². The number of aliphatic carboxylic acids is 1. The molecule has 0 fully saturated rings. The van der Waals surface area contributed by atoms with Gasteiger partial charge in [0.15, 0.2) is 6.10 Å². The van der Waals surface area contributed by atoms with E-state index in [4.69, 9.17) is 18.8 Å². The Balaban J connectivity index is 5.05. The van der Waals surface area contributed by atoms with Crippen molar-refractivity contribution in [3.05, 3.63) is 0 Å². The summed E-state index contributed by atoms with van der Waals surface area (Å²) in [5, 5.41) is 21.6. The molecular weight excluding hydrogens is 422 g/mol. The molecule has 0 aliphatic rings. The third-order valence-electron chi connectivity index (χ3n) is 4.29. The molecular formula is C18H33NO10S. The molecule has 0 aliphatic carbocycles. The van der Waals surface area contributed by atoms with Crippen LogP contribution < -0.4 is 5.32 Å². The van der Waals surface area contributed by atoms with Crippen molar-refractivity contribution in [1.82, 2.24) is 5.32 Å². The lowest BCUT2D eigenvalue weighted by Gasteiger charge is -2.35. The van der Waals surface area contributed by atoms with E-state index in [9.17, 15) is 27.9 Å². The zero-order valence-electron chi connectivity index (χ0n) is 17.9. The van der Waals surface area contributed by atoms with Gasteiger partial charge in [-0.2, -0.15) is 8.42 Å². The maximum absolute atomic E-state index is 12.3. The molecule has 0 radical (unpaired) electrons. The number of ether oxygens (including phenoxy) is 2. The van der Waals surface area contributed by atoms with E-state index in [1.54, 1.807) is 0 Å². The van der Waals surface area contributed by atoms with E-state index in [0.717, 1.165) is 6.42 Å². The van der Waals surface area contributed by atoms with Crippen LogP contribution in [0.3, 0.4) is 0 Å². The van der Waals surface area contributed by atoms with Crippen LogP contribution in [-0.4, -0.2) is 74.4 Å². The lowest BCUT2D eigenvalue weighted by molar-refractivity contribution is -0.158. The lowest BCUT2D eigenvalue weighted by Crippen LogP contribution is -2.47. The fourth-order valence-electron chi connectivity index (χ4n) is 2.37. The Labute approximate surface area is 177 Å². The Kier molecular flexibility index (Phi) is 12.5. The average Bonchev–Trinajstić information content (AvgIpc) is 2.63. The number of rotatable bonds is 15. The maximum Gasteiger partial charge on any atom is 0.508 e. The van der Waals surface area contributed by atoms with E-state index in [0.29, 0.717) is 6.42 Å². The summed E-state index contributed by atoms with van der Waals surface area (Å²) in [6.07, 6.45) is -2.77. The van der Waals surface area contributed by atoms with Crippen LogP contribution in [0.15, 0.2) is 0 Å². The summed E-state index contributed by atoms with van der Waals surface area (Å²) in [4.78, 5) is 33.6. The van der Waals surface area contributed by atoms with Crippen LogP contribution >= 0.6 is 0 Å². The Bertz CT molecular complexity index is 662. The van der Waals surface area contributed by atoms with Crippen molar-refractivity contribution in [3.8, 4) is 0 Å². The molecule has 0 bridgehead atoms. The van der Waals surface area contributed by atoms with Crippen LogP contribution in [0.4, 0.5) is 4.79 Å². The number of hydrogen-bond acceptors (Lipinski definition) is 9. The fraction of sp³-hybridized carbons (Fsp3) is 0.833. The minimum atomic E-state index is -4.12. The van der Waals surface area contributed by atoms with Crippen LogP contribution in [0.25, 0.3) is 0 Å². The molecule has 2 atom stereocenters. The smallest absolute Gasteiger partial charge is 0.479 e. The third kappa shape index (κ3) is 11.3. The number of aliphatic hydroxyl groups is 1. The van der Waals surface area contributed by atoms with E-state index < -0.39 is 45.6 Å². The Morgan fingerprint density at radius 1 is 1.10 bits per heavy atom. The molecule has 3 N–H and O–H groups in total. The Morgan fingerprint density at radius 2 is 1.70 bits per heavy atom. The topological polar surface area (TPSA) is 166 Å². The first kappa shape index (κ1) is 28.1. The van der Waals surface area contributed by atoms with Crippen molar-refractivity contribution in [2.45, 2.75) is 65.6 Å². The standard InChI is InChI=1S/C18H33NO10S/c1-5-6-10-27-17(24)28-11-8-14(18(3,4)15(21)16(22)23)29-30(25,26)12-7-9-19-13(2)20/h14-15,21H,5-12H2,1-4H3,(H,19,20)(H,22,23)/t14?,15-/m0/s1. The molecule has 0 aliphatic heterocycles. The van der Waals surface area contributed by atoms with Gasteiger partial charge in [0.2, 0.25) is 5.91 Å².